The van der Waals surface area contributed by atoms with E-state index in [2.05, 4.69) is 31.2 Å². The van der Waals surface area contributed by atoms with E-state index in [-0.39, 0.29) is 54.9 Å². The van der Waals surface area contributed by atoms with Crippen molar-refractivity contribution in [2.45, 2.75) is 89.3 Å². The van der Waals surface area contributed by atoms with E-state index < -0.39 is 78.8 Å². The Kier molecular flexibility index (Phi) is 10.9. The molecule has 0 saturated carbocycles. The summed E-state index contributed by atoms with van der Waals surface area (Å²) in [5.74, 6) is -3.56. The van der Waals surface area contributed by atoms with Crippen molar-refractivity contribution in [3.05, 3.63) is 71.6 Å². The summed E-state index contributed by atoms with van der Waals surface area (Å²) in [5.41, 5.74) is 0.435. The van der Waals surface area contributed by atoms with Crippen LogP contribution in [0.1, 0.15) is 96.9 Å². The van der Waals surface area contributed by atoms with Gasteiger partial charge >= 0.3 is 6.18 Å². The van der Waals surface area contributed by atoms with Crippen LogP contribution in [0.4, 0.5) is 13.2 Å². The number of carbonyl (C=O) groups is 5. The predicted molar refractivity (Wildman–Crippen MR) is 168 cm³/mol. The molecule has 5 atom stereocenters. The minimum absolute atomic E-state index is 0.00941. The van der Waals surface area contributed by atoms with E-state index in [9.17, 15) is 37.1 Å². The maximum Gasteiger partial charge on any atom is 0.389 e. The monoisotopic (exact) mass is 701 g/mol. The van der Waals surface area contributed by atoms with E-state index in [0.717, 1.165) is 23.0 Å². The summed E-state index contributed by atoms with van der Waals surface area (Å²) in [6.07, 6.45) is -4.19. The van der Waals surface area contributed by atoms with Crippen LogP contribution in [0, 0.1) is 5.92 Å². The van der Waals surface area contributed by atoms with Crippen LogP contribution in [0.15, 0.2) is 51.7 Å². The number of hydrogen-bond acceptors (Lipinski definition) is 9. The van der Waals surface area contributed by atoms with Gasteiger partial charge in [-0.2, -0.15) is 13.2 Å². The maximum absolute atomic E-state index is 14.0. The number of amides is 5. The number of hydrogen-bond donors (Lipinski definition) is 4. The Morgan fingerprint density at radius 3 is 2.34 bits per heavy atom. The maximum atomic E-state index is 14.0. The fourth-order valence-electron chi connectivity index (χ4n) is 5.88. The Morgan fingerprint density at radius 2 is 1.64 bits per heavy atom. The first-order valence-corrected chi connectivity index (χ1v) is 16.2. The van der Waals surface area contributed by atoms with Crippen molar-refractivity contribution in [3.8, 4) is 0 Å². The van der Waals surface area contributed by atoms with Gasteiger partial charge in [-0.1, -0.05) is 44.2 Å². The van der Waals surface area contributed by atoms with Gasteiger partial charge in [-0.15, -0.1) is 0 Å². The van der Waals surface area contributed by atoms with E-state index in [0.29, 0.717) is 0 Å². The van der Waals surface area contributed by atoms with Crippen molar-refractivity contribution in [1.29, 1.82) is 0 Å². The molecule has 0 radical (unpaired) electrons. The molecule has 1 saturated heterocycles. The van der Waals surface area contributed by atoms with Crippen LogP contribution in [0.3, 0.4) is 0 Å². The minimum Gasteiger partial charge on any atom is -0.446 e. The van der Waals surface area contributed by atoms with Gasteiger partial charge in [-0.3, -0.25) is 24.0 Å². The summed E-state index contributed by atoms with van der Waals surface area (Å²) < 4.78 is 49.5. The lowest BCUT2D eigenvalue weighted by molar-refractivity contribution is -0.144. The zero-order valence-corrected chi connectivity index (χ0v) is 27.6. The number of fused-ring (bicyclic) bond motifs is 5. The van der Waals surface area contributed by atoms with Gasteiger partial charge < -0.3 is 35.0 Å². The average Bonchev–Trinajstić information content (AvgIpc) is 3.83. The van der Waals surface area contributed by atoms with E-state index in [4.69, 9.17) is 8.83 Å². The molecule has 0 spiro atoms. The van der Waals surface area contributed by atoms with Crippen LogP contribution in [0.2, 0.25) is 0 Å². The minimum atomic E-state index is -4.54. The molecule has 3 aromatic rings. The Labute approximate surface area is 284 Å². The predicted octanol–water partition coefficient (Wildman–Crippen LogP) is 3.14. The van der Waals surface area contributed by atoms with Crippen LogP contribution in [-0.4, -0.2) is 75.3 Å². The summed E-state index contributed by atoms with van der Waals surface area (Å²) in [6.45, 7) is 5.12. The molecule has 5 rings (SSSR count). The number of halogens is 3. The van der Waals surface area contributed by atoms with Crippen molar-refractivity contribution in [3.63, 3.8) is 0 Å². The Balaban J connectivity index is 1.50. The van der Waals surface area contributed by atoms with E-state index >= 15 is 0 Å². The Hall–Kier alpha value is -5.22. The molecule has 2 aliphatic heterocycles. The van der Waals surface area contributed by atoms with Crippen LogP contribution in [-0.2, 0) is 20.8 Å². The van der Waals surface area contributed by atoms with Crippen molar-refractivity contribution in [2.75, 3.05) is 6.54 Å². The number of alkyl halides is 3. The summed E-state index contributed by atoms with van der Waals surface area (Å²) in [7, 11) is 0. The quantitative estimate of drug-likeness (QED) is 0.287. The normalized spacial score (nSPS) is 23.4. The number of aromatic nitrogens is 2. The number of rotatable bonds is 7. The summed E-state index contributed by atoms with van der Waals surface area (Å²) in [6, 6.07) is 4.18. The highest BCUT2D eigenvalue weighted by molar-refractivity contribution is 5.97. The van der Waals surface area contributed by atoms with Crippen LogP contribution in [0.25, 0.3) is 0 Å². The Bertz CT molecular complexity index is 1710. The highest BCUT2D eigenvalue weighted by atomic mass is 19.4. The molecule has 0 unspecified atom stereocenters. The van der Waals surface area contributed by atoms with Crippen LogP contribution < -0.4 is 21.3 Å². The molecular weight excluding hydrogens is 663 g/mol. The third-order valence-corrected chi connectivity index (χ3v) is 8.32. The molecule has 2 aliphatic rings. The van der Waals surface area contributed by atoms with Crippen molar-refractivity contribution >= 4 is 29.5 Å². The first-order valence-electron chi connectivity index (χ1n) is 16.2. The average molecular weight is 702 g/mol. The number of carbonyl (C=O) groups excluding carboxylic acids is 5. The van der Waals surface area contributed by atoms with Gasteiger partial charge in [-0.25, -0.2) is 9.97 Å². The molecule has 4 bridgehead atoms. The van der Waals surface area contributed by atoms with Crippen LogP contribution >= 0.6 is 0 Å². The molecule has 1 fully saturated rings. The molecule has 14 nitrogen and oxygen atoms in total. The standard InChI is InChI=1S/C33H38F3N7O7/c1-17(2)11-21-27(45)37-18(3)30-42-24(16-49-30)32(48)43-14-20(38-26(44)9-10-33(34,35)36)13-25(43)29(47)40-22(12-19-7-5-4-6-8-19)31-41-23(15-50-31)28(46)39-21/h4-8,15-18,20-22,25H,9-14H2,1-3H3,(H,37,45)(H,38,44)(H,39,46)(H,40,47)/t18-,20+,21-,22+,25+/m1/s1. The van der Waals surface area contributed by atoms with Crippen molar-refractivity contribution < 1.29 is 46.0 Å². The third-order valence-electron chi connectivity index (χ3n) is 8.32. The van der Waals surface area contributed by atoms with Gasteiger partial charge in [0.05, 0.1) is 6.42 Å². The second-order valence-electron chi connectivity index (χ2n) is 12.9. The highest BCUT2D eigenvalue weighted by Gasteiger charge is 2.43. The number of benzene rings is 1. The molecule has 2 aromatic heterocycles. The van der Waals surface area contributed by atoms with E-state index in [1.165, 1.54) is 0 Å². The first kappa shape index (κ1) is 36.1. The van der Waals surface area contributed by atoms with Crippen molar-refractivity contribution in [1.82, 2.24) is 36.1 Å². The van der Waals surface area contributed by atoms with Gasteiger partial charge in [0.2, 0.25) is 29.5 Å². The van der Waals surface area contributed by atoms with E-state index in [1.54, 1.807) is 19.1 Å². The zero-order chi connectivity index (χ0) is 36.2. The fraction of sp³-hybridized carbons (Fsp3) is 0.485. The molecule has 268 valence electrons. The van der Waals surface area contributed by atoms with Crippen LogP contribution in [0.5, 0.6) is 0 Å². The lowest BCUT2D eigenvalue weighted by Gasteiger charge is -2.25. The summed E-state index contributed by atoms with van der Waals surface area (Å²) >= 11 is 0. The second kappa shape index (κ2) is 15.1. The van der Waals surface area contributed by atoms with Crippen molar-refractivity contribution in [2.24, 2.45) is 5.92 Å². The molecule has 4 heterocycles. The van der Waals surface area contributed by atoms with Gasteiger partial charge in [0.1, 0.15) is 36.7 Å². The molecule has 1 aromatic carbocycles. The highest BCUT2D eigenvalue weighted by Crippen LogP contribution is 2.26. The third kappa shape index (κ3) is 9.06. The van der Waals surface area contributed by atoms with E-state index in [1.807, 2.05) is 32.0 Å². The lowest BCUT2D eigenvalue weighted by Crippen LogP contribution is -2.48. The lowest BCUT2D eigenvalue weighted by atomic mass is 10.0. The van der Waals surface area contributed by atoms with Gasteiger partial charge in [0.15, 0.2) is 11.4 Å². The largest absolute Gasteiger partial charge is 0.446 e. The SMILES string of the molecule is CC(C)C[C@H]1NC(=O)c2coc(n2)[C@H](Cc2ccccc2)NC(=O)[C@@H]2C[C@H](NC(=O)CCC(F)(F)F)CN2C(=O)c2coc(n2)[C@@H](C)NC1=O. The number of oxazole rings is 2. The molecule has 0 aliphatic carbocycles. The smallest absolute Gasteiger partial charge is 0.389 e. The fourth-order valence-corrected chi connectivity index (χ4v) is 5.88. The zero-order valence-electron chi connectivity index (χ0n) is 27.6. The first-order chi connectivity index (χ1) is 23.7. The summed E-state index contributed by atoms with van der Waals surface area (Å²) in [5, 5.41) is 10.8. The second-order valence-corrected chi connectivity index (χ2v) is 12.9. The number of nitrogens with zero attached hydrogens (tertiary/aromatic N) is 3. The molecule has 17 heteroatoms. The summed E-state index contributed by atoms with van der Waals surface area (Å²) in [4.78, 5) is 76.7. The Morgan fingerprint density at radius 1 is 0.960 bits per heavy atom. The number of nitrogens with one attached hydrogen (secondary N) is 4. The van der Waals surface area contributed by atoms with Gasteiger partial charge in [-0.05, 0) is 31.2 Å². The molecular formula is C33H38F3N7O7. The topological polar surface area (TPSA) is 189 Å². The van der Waals surface area contributed by atoms with Gasteiger partial charge in [0.25, 0.3) is 11.8 Å². The molecule has 50 heavy (non-hydrogen) atoms. The molecule has 5 amide bonds. The van der Waals surface area contributed by atoms with Gasteiger partial charge in [0, 0.05) is 25.4 Å². The molecule has 4 N–H and O–H groups in total.